The number of aryl methyl sites for hydroxylation is 1. The number of likely N-dealkylation sites (tertiary alicyclic amines) is 1. The van der Waals surface area contributed by atoms with Gasteiger partial charge >= 0.3 is 0 Å². The van der Waals surface area contributed by atoms with Gasteiger partial charge in [-0.1, -0.05) is 66.2 Å². The number of amides is 1. The summed E-state index contributed by atoms with van der Waals surface area (Å²) in [5.41, 5.74) is 4.88. The molecule has 1 aliphatic heterocycles. The Balaban J connectivity index is 0.000000189. The average Bonchev–Trinajstić information content (AvgIpc) is 3.71. The monoisotopic (exact) mass is 652 g/mol. The molecule has 1 atom stereocenters. The van der Waals surface area contributed by atoms with Gasteiger partial charge in [0.1, 0.15) is 5.60 Å². The smallest absolute Gasteiger partial charge is 0.246 e. The summed E-state index contributed by atoms with van der Waals surface area (Å²) in [7, 11) is 3.56. The number of aromatic nitrogens is 4. The first kappa shape index (κ1) is 33.7. The van der Waals surface area contributed by atoms with E-state index in [1.54, 1.807) is 31.2 Å². The Kier molecular flexibility index (Phi) is 11.0. The zero-order valence-corrected chi connectivity index (χ0v) is 27.9. The number of aliphatic hydroxyl groups is 1. The quantitative estimate of drug-likeness (QED) is 0.161. The molecule has 3 aromatic carbocycles. The van der Waals surface area contributed by atoms with Gasteiger partial charge in [0, 0.05) is 62.8 Å². The number of rotatable bonds is 10. The van der Waals surface area contributed by atoms with E-state index >= 15 is 0 Å². The van der Waals surface area contributed by atoms with Crippen LogP contribution in [0.5, 0.6) is 0 Å². The van der Waals surface area contributed by atoms with Gasteiger partial charge in [-0.2, -0.15) is 9.78 Å². The Hall–Kier alpha value is -4.64. The second-order valence-corrected chi connectivity index (χ2v) is 12.1. The molecule has 10 nitrogen and oxygen atoms in total. The summed E-state index contributed by atoms with van der Waals surface area (Å²) in [5, 5.41) is 20.0. The van der Waals surface area contributed by atoms with Gasteiger partial charge in [0.25, 0.3) is 0 Å². The maximum atomic E-state index is 11.6. The van der Waals surface area contributed by atoms with Crippen LogP contribution in [0.1, 0.15) is 43.0 Å². The highest BCUT2D eigenvalue weighted by molar-refractivity contribution is 6.30. The fourth-order valence-electron chi connectivity index (χ4n) is 5.80. The fraction of sp³-hybridized carbons (Fsp3) is 0.306. The third-order valence-electron chi connectivity index (χ3n) is 8.34. The number of hydrogen-bond donors (Lipinski definition) is 2. The number of carbonyl (C=O) groups excluding carboxylic acids is 1. The van der Waals surface area contributed by atoms with Crippen LogP contribution in [0.3, 0.4) is 0 Å². The van der Waals surface area contributed by atoms with E-state index < -0.39 is 5.60 Å². The summed E-state index contributed by atoms with van der Waals surface area (Å²) in [6.45, 7) is 8.81. The molecule has 3 heterocycles. The number of nitrogens with zero attached hydrogens (tertiary/aromatic N) is 7. The molecule has 0 radical (unpaired) electrons. The van der Waals surface area contributed by atoms with Gasteiger partial charge in [-0.05, 0) is 55.6 Å². The Labute approximate surface area is 280 Å². The summed E-state index contributed by atoms with van der Waals surface area (Å²) in [6.07, 6.45) is 6.07. The van der Waals surface area contributed by atoms with Gasteiger partial charge in [-0.25, -0.2) is 9.97 Å². The van der Waals surface area contributed by atoms with E-state index in [1.807, 2.05) is 89.3 Å². The number of benzene rings is 3. The molecule has 2 aromatic heterocycles. The minimum Gasteiger partial charge on any atom is -0.379 e. The number of fused-ring (bicyclic) bond motifs is 1. The van der Waals surface area contributed by atoms with Gasteiger partial charge in [-0.15, -0.1) is 0 Å². The van der Waals surface area contributed by atoms with Crippen LogP contribution in [0.2, 0.25) is 5.02 Å². The van der Waals surface area contributed by atoms with Crippen molar-refractivity contribution in [2.24, 2.45) is 17.1 Å². The normalized spacial score (nSPS) is 14.6. The van der Waals surface area contributed by atoms with Crippen LogP contribution in [0.4, 0.5) is 0 Å². The van der Waals surface area contributed by atoms with Crippen molar-refractivity contribution in [2.45, 2.75) is 38.3 Å². The van der Waals surface area contributed by atoms with Gasteiger partial charge in [0.15, 0.2) is 0 Å². The van der Waals surface area contributed by atoms with Crippen LogP contribution in [0.25, 0.3) is 22.2 Å². The number of nitrogens with one attached hydrogen (secondary N) is 1. The lowest BCUT2D eigenvalue weighted by atomic mass is 9.92. The average molecular weight is 653 g/mol. The number of carbonyl (C=O) groups is 1. The lowest BCUT2D eigenvalue weighted by Crippen LogP contribution is -2.28. The van der Waals surface area contributed by atoms with Crippen molar-refractivity contribution in [3.05, 3.63) is 113 Å². The van der Waals surface area contributed by atoms with Crippen molar-refractivity contribution >= 4 is 35.1 Å². The zero-order chi connectivity index (χ0) is 33.4. The van der Waals surface area contributed by atoms with E-state index in [0.29, 0.717) is 23.0 Å². The van der Waals surface area contributed by atoms with E-state index in [9.17, 15) is 9.90 Å². The van der Waals surface area contributed by atoms with Crippen molar-refractivity contribution in [1.82, 2.24) is 29.4 Å². The van der Waals surface area contributed by atoms with Crippen molar-refractivity contribution < 1.29 is 9.90 Å². The third-order valence-corrected chi connectivity index (χ3v) is 8.58. The number of para-hydroxylation sites is 1. The maximum absolute atomic E-state index is 11.6. The number of hydrogen-bond acceptors (Lipinski definition) is 7. The molecule has 6 rings (SSSR count). The Morgan fingerprint density at radius 2 is 1.89 bits per heavy atom. The lowest BCUT2D eigenvalue weighted by molar-refractivity contribution is -0.127. The second-order valence-electron chi connectivity index (χ2n) is 11.6. The Morgan fingerprint density at radius 1 is 1.11 bits per heavy atom. The fourth-order valence-corrected chi connectivity index (χ4v) is 5.99. The van der Waals surface area contributed by atoms with Crippen LogP contribution >= 0.6 is 11.6 Å². The van der Waals surface area contributed by atoms with Gasteiger partial charge in [0.2, 0.25) is 11.5 Å². The molecule has 5 aromatic rings. The maximum Gasteiger partial charge on any atom is 0.246 e. The first-order valence-corrected chi connectivity index (χ1v) is 16.1. The molecule has 244 valence electrons. The molecule has 2 N–H and O–H groups in total. The van der Waals surface area contributed by atoms with Gasteiger partial charge < -0.3 is 19.9 Å². The predicted molar refractivity (Wildman–Crippen MR) is 187 cm³/mol. The molecule has 11 heteroatoms. The summed E-state index contributed by atoms with van der Waals surface area (Å²) < 4.78 is 3.46. The topological polar surface area (TPSA) is 113 Å². The number of imidazole rings is 1. The largest absolute Gasteiger partial charge is 0.379 e. The first-order chi connectivity index (χ1) is 22.7. The highest BCUT2D eigenvalue weighted by Crippen LogP contribution is 2.29. The molecular formula is C36H41ClN8O2. The number of halogens is 1. The summed E-state index contributed by atoms with van der Waals surface area (Å²) >= 11 is 6.09. The molecule has 47 heavy (non-hydrogen) atoms. The van der Waals surface area contributed by atoms with E-state index in [-0.39, 0.29) is 0 Å². The SMILES string of the molecule is C=Nn1c(=NC)nc(-c2cccc(Cl)c2)c2ccccc21.Cn1cncc1C(C)(O)c1ccc(CNCCCN2CCCC2=O)cc1. The van der Waals surface area contributed by atoms with Crippen LogP contribution in [-0.2, 0) is 24.0 Å². The Morgan fingerprint density at radius 3 is 2.55 bits per heavy atom. The molecule has 0 spiro atoms. The van der Waals surface area contributed by atoms with Crippen LogP contribution in [-0.4, -0.2) is 68.5 Å². The zero-order valence-electron chi connectivity index (χ0n) is 27.1. The molecule has 0 bridgehead atoms. The van der Waals surface area contributed by atoms with Crippen LogP contribution < -0.4 is 10.9 Å². The first-order valence-electron chi connectivity index (χ1n) is 15.7. The molecule has 1 fully saturated rings. The molecule has 1 unspecified atom stereocenters. The summed E-state index contributed by atoms with van der Waals surface area (Å²) in [4.78, 5) is 26.4. The van der Waals surface area contributed by atoms with Crippen molar-refractivity contribution in [3.8, 4) is 11.3 Å². The second kappa shape index (κ2) is 15.3. The molecule has 0 saturated carbocycles. The van der Waals surface area contributed by atoms with Crippen molar-refractivity contribution in [2.75, 3.05) is 26.7 Å². The molecule has 0 aliphatic carbocycles. The molecular weight excluding hydrogens is 612 g/mol. The third kappa shape index (κ3) is 7.85. The predicted octanol–water partition coefficient (Wildman–Crippen LogP) is 5.13. The molecule has 1 aliphatic rings. The van der Waals surface area contributed by atoms with E-state index in [2.05, 4.69) is 32.1 Å². The molecule has 1 saturated heterocycles. The van der Waals surface area contributed by atoms with Gasteiger partial charge in [0.05, 0.1) is 29.4 Å². The summed E-state index contributed by atoms with van der Waals surface area (Å²) in [6, 6.07) is 23.5. The van der Waals surface area contributed by atoms with Crippen molar-refractivity contribution in [3.63, 3.8) is 0 Å². The summed E-state index contributed by atoms with van der Waals surface area (Å²) in [5.74, 6) is 0.293. The van der Waals surface area contributed by atoms with E-state index in [4.69, 9.17) is 11.6 Å². The highest BCUT2D eigenvalue weighted by Gasteiger charge is 2.28. The molecule has 1 amide bonds. The Bertz CT molecular complexity index is 1910. The minimum atomic E-state index is -1.07. The van der Waals surface area contributed by atoms with Crippen molar-refractivity contribution in [1.29, 1.82) is 0 Å². The standard InChI is InChI=1S/C20H28N4O2.C16H13ClN4/c1-20(26,18-14-22-15-23(18)2)17-8-6-16(7-9-17)13-21-10-4-12-24-11-3-5-19(24)25;1-18-16-20-15(11-6-5-7-12(17)10-11)13-8-3-4-9-14(13)21(16)19-2/h6-9,14-15,21,26H,3-5,10-13H2,1-2H3;3-10H,2H2,1H3. The lowest BCUT2D eigenvalue weighted by Gasteiger charge is -2.24. The van der Waals surface area contributed by atoms with Crippen LogP contribution in [0, 0.1) is 0 Å². The minimum absolute atomic E-state index is 0.293. The van der Waals surface area contributed by atoms with E-state index in [1.165, 1.54) is 5.56 Å². The highest BCUT2D eigenvalue weighted by atomic mass is 35.5. The van der Waals surface area contributed by atoms with E-state index in [0.717, 1.165) is 72.4 Å². The van der Waals surface area contributed by atoms with Crippen LogP contribution in [0.15, 0.2) is 95.4 Å². The van der Waals surface area contributed by atoms with Gasteiger partial charge in [-0.3, -0.25) is 9.79 Å².